The Kier molecular flexibility index (Phi) is 4.74. The average Bonchev–Trinajstić information content (AvgIpc) is 2.68. The van der Waals surface area contributed by atoms with Crippen molar-refractivity contribution in [3.8, 4) is 0 Å². The molecule has 0 amide bonds. The zero-order valence-electron chi connectivity index (χ0n) is 11.3. The van der Waals surface area contributed by atoms with Crippen LogP contribution in [0.15, 0.2) is 12.4 Å². The Morgan fingerprint density at radius 1 is 1.39 bits per heavy atom. The van der Waals surface area contributed by atoms with Crippen LogP contribution in [-0.2, 0) is 0 Å². The van der Waals surface area contributed by atoms with Crippen molar-refractivity contribution in [3.05, 3.63) is 18.0 Å². The first-order chi connectivity index (χ1) is 8.72. The number of nitrogens with zero attached hydrogens (tertiary/aromatic N) is 3. The lowest BCUT2D eigenvalue weighted by Gasteiger charge is -2.28. The summed E-state index contributed by atoms with van der Waals surface area (Å²) in [4.78, 5) is 2.35. The first-order valence-electron chi connectivity index (χ1n) is 6.82. The van der Waals surface area contributed by atoms with Crippen molar-refractivity contribution < 1.29 is 5.11 Å². The van der Waals surface area contributed by atoms with Gasteiger partial charge in [-0.15, -0.1) is 0 Å². The van der Waals surface area contributed by atoms with E-state index in [-0.39, 0.29) is 12.6 Å². The standard InChI is InChI=1S/C13H24N4O/c1-11(2)17-9-12(8-15-17)13(10-18)16-6-3-4-14-5-7-16/h8-9,11,13-14,18H,3-7,10H2,1-2H3. The fourth-order valence-corrected chi connectivity index (χ4v) is 2.42. The summed E-state index contributed by atoms with van der Waals surface area (Å²) in [6.45, 7) is 8.46. The van der Waals surface area contributed by atoms with Crippen molar-refractivity contribution in [2.75, 3.05) is 32.8 Å². The quantitative estimate of drug-likeness (QED) is 0.832. The fraction of sp³-hybridized carbons (Fsp3) is 0.769. The molecule has 1 aliphatic heterocycles. The topological polar surface area (TPSA) is 53.3 Å². The van der Waals surface area contributed by atoms with E-state index in [1.54, 1.807) is 0 Å². The molecule has 1 saturated heterocycles. The van der Waals surface area contributed by atoms with Gasteiger partial charge in [0.25, 0.3) is 0 Å². The second kappa shape index (κ2) is 6.31. The third kappa shape index (κ3) is 3.10. The maximum atomic E-state index is 9.67. The molecule has 0 saturated carbocycles. The summed E-state index contributed by atoms with van der Waals surface area (Å²) in [7, 11) is 0. The zero-order chi connectivity index (χ0) is 13.0. The number of rotatable bonds is 4. The van der Waals surface area contributed by atoms with Crippen LogP contribution in [0.2, 0.25) is 0 Å². The van der Waals surface area contributed by atoms with Crippen LogP contribution in [0.5, 0.6) is 0 Å². The molecule has 0 spiro atoms. The lowest BCUT2D eigenvalue weighted by atomic mass is 10.1. The van der Waals surface area contributed by atoms with E-state index in [9.17, 15) is 5.11 Å². The van der Waals surface area contributed by atoms with Crippen molar-refractivity contribution >= 4 is 0 Å². The summed E-state index contributed by atoms with van der Waals surface area (Å²) in [6, 6.07) is 0.446. The second-order valence-corrected chi connectivity index (χ2v) is 5.19. The molecule has 0 aliphatic carbocycles. The van der Waals surface area contributed by atoms with Gasteiger partial charge in [-0.2, -0.15) is 5.10 Å². The molecule has 2 N–H and O–H groups in total. The van der Waals surface area contributed by atoms with Crippen LogP contribution in [0.4, 0.5) is 0 Å². The Morgan fingerprint density at radius 3 is 2.89 bits per heavy atom. The zero-order valence-corrected chi connectivity index (χ0v) is 11.3. The van der Waals surface area contributed by atoms with E-state index < -0.39 is 0 Å². The van der Waals surface area contributed by atoms with E-state index in [0.29, 0.717) is 6.04 Å². The Balaban J connectivity index is 2.10. The molecule has 1 aromatic heterocycles. The third-order valence-electron chi connectivity index (χ3n) is 3.52. The Labute approximate surface area is 109 Å². The summed E-state index contributed by atoms with van der Waals surface area (Å²) in [5.41, 5.74) is 1.12. The van der Waals surface area contributed by atoms with Gasteiger partial charge >= 0.3 is 0 Å². The Bertz CT molecular complexity index is 356. The predicted molar refractivity (Wildman–Crippen MR) is 71.5 cm³/mol. The number of aromatic nitrogens is 2. The molecule has 2 rings (SSSR count). The first kappa shape index (κ1) is 13.5. The molecule has 0 bridgehead atoms. The summed E-state index contributed by atoms with van der Waals surface area (Å²) in [5, 5.41) is 17.4. The molecular formula is C13H24N4O. The van der Waals surface area contributed by atoms with E-state index in [1.165, 1.54) is 0 Å². The van der Waals surface area contributed by atoms with Crippen molar-refractivity contribution in [1.29, 1.82) is 0 Å². The van der Waals surface area contributed by atoms with Crippen molar-refractivity contribution in [1.82, 2.24) is 20.0 Å². The van der Waals surface area contributed by atoms with Crippen LogP contribution in [-0.4, -0.2) is 52.6 Å². The smallest absolute Gasteiger partial charge is 0.0629 e. The minimum atomic E-state index is 0.0809. The summed E-state index contributed by atoms with van der Waals surface area (Å²) >= 11 is 0. The molecule has 102 valence electrons. The van der Waals surface area contributed by atoms with Gasteiger partial charge in [-0.05, 0) is 26.8 Å². The summed E-state index contributed by atoms with van der Waals surface area (Å²) in [5.74, 6) is 0. The van der Waals surface area contributed by atoms with Gasteiger partial charge in [0.2, 0.25) is 0 Å². The molecule has 1 unspecified atom stereocenters. The highest BCUT2D eigenvalue weighted by Crippen LogP contribution is 2.21. The van der Waals surface area contributed by atoms with Crippen LogP contribution in [0.25, 0.3) is 0 Å². The molecule has 1 atom stereocenters. The number of aliphatic hydroxyl groups excluding tert-OH is 1. The van der Waals surface area contributed by atoms with Gasteiger partial charge in [0.05, 0.1) is 18.8 Å². The molecule has 1 aromatic rings. The van der Waals surface area contributed by atoms with Crippen LogP contribution >= 0.6 is 0 Å². The monoisotopic (exact) mass is 252 g/mol. The van der Waals surface area contributed by atoms with Gasteiger partial charge in [0, 0.05) is 37.4 Å². The molecule has 1 fully saturated rings. The van der Waals surface area contributed by atoms with Gasteiger partial charge in [-0.25, -0.2) is 0 Å². The van der Waals surface area contributed by atoms with E-state index in [2.05, 4.69) is 35.4 Å². The molecule has 1 aliphatic rings. The van der Waals surface area contributed by atoms with E-state index in [4.69, 9.17) is 0 Å². The highest BCUT2D eigenvalue weighted by atomic mass is 16.3. The fourth-order valence-electron chi connectivity index (χ4n) is 2.42. The summed E-state index contributed by atoms with van der Waals surface area (Å²) < 4.78 is 1.95. The lowest BCUT2D eigenvalue weighted by Crippen LogP contribution is -2.34. The normalized spacial score (nSPS) is 20.0. The average molecular weight is 252 g/mol. The van der Waals surface area contributed by atoms with Crippen LogP contribution < -0.4 is 5.32 Å². The van der Waals surface area contributed by atoms with Crippen LogP contribution in [0, 0.1) is 0 Å². The van der Waals surface area contributed by atoms with Crippen molar-refractivity contribution in [2.45, 2.75) is 32.4 Å². The Morgan fingerprint density at radius 2 is 2.22 bits per heavy atom. The molecule has 0 radical (unpaired) electrons. The molecule has 5 heteroatoms. The molecule has 5 nitrogen and oxygen atoms in total. The van der Waals surface area contributed by atoms with Gasteiger partial charge in [-0.1, -0.05) is 0 Å². The first-order valence-corrected chi connectivity index (χ1v) is 6.82. The van der Waals surface area contributed by atoms with Crippen molar-refractivity contribution in [3.63, 3.8) is 0 Å². The maximum absolute atomic E-state index is 9.67. The molecule has 0 aromatic carbocycles. The van der Waals surface area contributed by atoms with E-state index in [1.807, 2.05) is 10.9 Å². The molecule has 18 heavy (non-hydrogen) atoms. The summed E-state index contributed by atoms with van der Waals surface area (Å²) in [6.07, 6.45) is 5.08. The van der Waals surface area contributed by atoms with E-state index >= 15 is 0 Å². The van der Waals surface area contributed by atoms with Gasteiger partial charge in [0.1, 0.15) is 0 Å². The van der Waals surface area contributed by atoms with Gasteiger partial charge in [-0.3, -0.25) is 9.58 Å². The number of hydrogen-bond acceptors (Lipinski definition) is 4. The van der Waals surface area contributed by atoms with E-state index in [0.717, 1.165) is 38.2 Å². The highest BCUT2D eigenvalue weighted by Gasteiger charge is 2.22. The minimum absolute atomic E-state index is 0.0809. The Hall–Kier alpha value is -0.910. The SMILES string of the molecule is CC(C)n1cc(C(CO)N2CCCNCC2)cn1. The van der Waals surface area contributed by atoms with Crippen molar-refractivity contribution in [2.24, 2.45) is 0 Å². The second-order valence-electron chi connectivity index (χ2n) is 5.19. The number of nitrogens with one attached hydrogen (secondary N) is 1. The van der Waals surface area contributed by atoms with Gasteiger partial charge < -0.3 is 10.4 Å². The lowest BCUT2D eigenvalue weighted by molar-refractivity contribution is 0.129. The number of aliphatic hydroxyl groups is 1. The van der Waals surface area contributed by atoms with Crippen LogP contribution in [0.1, 0.15) is 37.9 Å². The minimum Gasteiger partial charge on any atom is -0.394 e. The number of hydrogen-bond donors (Lipinski definition) is 2. The highest BCUT2D eigenvalue weighted by molar-refractivity contribution is 5.11. The van der Waals surface area contributed by atoms with Gasteiger partial charge in [0.15, 0.2) is 0 Å². The molecule has 2 heterocycles. The maximum Gasteiger partial charge on any atom is 0.0629 e. The van der Waals surface area contributed by atoms with Crippen LogP contribution in [0.3, 0.4) is 0 Å². The predicted octanol–water partition coefficient (Wildman–Crippen LogP) is 0.793. The largest absolute Gasteiger partial charge is 0.394 e. The molecular weight excluding hydrogens is 228 g/mol. The third-order valence-corrected chi connectivity index (χ3v) is 3.52.